The monoisotopic (exact) mass is 466 g/mol. The fourth-order valence-electron chi connectivity index (χ4n) is 2.76. The number of hydrogen-bond donors (Lipinski definition) is 1. The molecule has 0 aliphatic rings. The molecule has 0 saturated heterocycles. The standard InChI is InChI=1S/C23H28Cl2N2O2S/c1-16(2)12-26-23(29)17(3)27(13-19-6-4-5-7-21(19)25)22(28)15-30-14-18-8-10-20(24)11-9-18/h4-11,16-17H,12-15H2,1-3H3,(H,26,29)/t17-/m0/s1. The highest BCUT2D eigenvalue weighted by molar-refractivity contribution is 7.99. The molecule has 2 aromatic rings. The molecule has 2 aromatic carbocycles. The van der Waals surface area contributed by atoms with Crippen molar-refractivity contribution in [1.29, 1.82) is 0 Å². The minimum atomic E-state index is -0.594. The Hall–Kier alpha value is -1.69. The number of amides is 2. The van der Waals surface area contributed by atoms with Gasteiger partial charge >= 0.3 is 0 Å². The Balaban J connectivity index is 2.06. The van der Waals surface area contributed by atoms with Gasteiger partial charge in [-0.1, -0.05) is 67.4 Å². The van der Waals surface area contributed by atoms with E-state index in [4.69, 9.17) is 23.2 Å². The molecule has 0 heterocycles. The first kappa shape index (κ1) is 24.6. The lowest BCUT2D eigenvalue weighted by Gasteiger charge is -2.29. The van der Waals surface area contributed by atoms with Crippen LogP contribution in [0.2, 0.25) is 10.0 Å². The predicted molar refractivity (Wildman–Crippen MR) is 127 cm³/mol. The van der Waals surface area contributed by atoms with Crippen LogP contribution >= 0.6 is 35.0 Å². The molecule has 2 rings (SSSR count). The summed E-state index contributed by atoms with van der Waals surface area (Å²) in [6.45, 7) is 6.68. The minimum Gasteiger partial charge on any atom is -0.354 e. The maximum Gasteiger partial charge on any atom is 0.242 e. The van der Waals surface area contributed by atoms with E-state index in [-0.39, 0.29) is 24.1 Å². The van der Waals surface area contributed by atoms with Crippen LogP contribution < -0.4 is 5.32 Å². The molecule has 0 spiro atoms. The van der Waals surface area contributed by atoms with Crippen molar-refractivity contribution in [2.75, 3.05) is 12.3 Å². The maximum atomic E-state index is 13.0. The van der Waals surface area contributed by atoms with E-state index >= 15 is 0 Å². The molecule has 162 valence electrons. The van der Waals surface area contributed by atoms with Gasteiger partial charge in [0.2, 0.25) is 11.8 Å². The number of carbonyl (C=O) groups excluding carboxylic acids is 2. The zero-order valence-corrected chi connectivity index (χ0v) is 19.9. The number of nitrogens with one attached hydrogen (secondary N) is 1. The van der Waals surface area contributed by atoms with E-state index in [2.05, 4.69) is 5.32 Å². The lowest BCUT2D eigenvalue weighted by molar-refractivity contribution is -0.138. The molecule has 1 atom stereocenters. The molecule has 1 N–H and O–H groups in total. The van der Waals surface area contributed by atoms with Crippen LogP contribution in [0, 0.1) is 5.92 Å². The Morgan fingerprint density at radius 2 is 1.70 bits per heavy atom. The van der Waals surface area contributed by atoms with Crippen LogP contribution in [0.25, 0.3) is 0 Å². The van der Waals surface area contributed by atoms with Gasteiger partial charge in [0.15, 0.2) is 0 Å². The van der Waals surface area contributed by atoms with Gasteiger partial charge in [-0.25, -0.2) is 0 Å². The Morgan fingerprint density at radius 3 is 2.33 bits per heavy atom. The number of rotatable bonds is 10. The summed E-state index contributed by atoms with van der Waals surface area (Å²) in [5.41, 5.74) is 1.91. The maximum absolute atomic E-state index is 13.0. The van der Waals surface area contributed by atoms with Crippen molar-refractivity contribution < 1.29 is 9.59 Å². The number of halogens is 2. The largest absolute Gasteiger partial charge is 0.354 e. The summed E-state index contributed by atoms with van der Waals surface area (Å²) in [7, 11) is 0. The fraction of sp³-hybridized carbons (Fsp3) is 0.391. The van der Waals surface area contributed by atoms with Crippen molar-refractivity contribution in [3.05, 3.63) is 69.7 Å². The Labute approximate surface area is 193 Å². The van der Waals surface area contributed by atoms with Crippen molar-refractivity contribution in [3.63, 3.8) is 0 Å². The quantitative estimate of drug-likeness (QED) is 0.508. The third-order valence-electron chi connectivity index (χ3n) is 4.56. The van der Waals surface area contributed by atoms with Crippen LogP contribution in [0.3, 0.4) is 0 Å². The average Bonchev–Trinajstić information content (AvgIpc) is 2.72. The molecule has 0 aliphatic carbocycles. The Bertz CT molecular complexity index is 843. The predicted octanol–water partition coefficient (Wildman–Crippen LogP) is 5.42. The van der Waals surface area contributed by atoms with Crippen LogP contribution in [0.1, 0.15) is 31.9 Å². The van der Waals surface area contributed by atoms with E-state index in [1.54, 1.807) is 17.9 Å². The van der Waals surface area contributed by atoms with Gasteiger partial charge in [-0.2, -0.15) is 0 Å². The third kappa shape index (κ3) is 7.86. The fourth-order valence-corrected chi connectivity index (χ4v) is 3.96. The molecule has 4 nitrogen and oxygen atoms in total. The molecule has 0 bridgehead atoms. The van der Waals surface area contributed by atoms with Crippen LogP contribution in [-0.2, 0) is 21.9 Å². The number of thioether (sulfide) groups is 1. The molecule has 0 radical (unpaired) electrons. The van der Waals surface area contributed by atoms with Gasteiger partial charge < -0.3 is 10.2 Å². The summed E-state index contributed by atoms with van der Waals surface area (Å²) in [6.07, 6.45) is 0. The summed E-state index contributed by atoms with van der Waals surface area (Å²) < 4.78 is 0. The summed E-state index contributed by atoms with van der Waals surface area (Å²) in [5, 5.41) is 4.19. The van der Waals surface area contributed by atoms with E-state index in [1.807, 2.05) is 56.3 Å². The number of carbonyl (C=O) groups is 2. The highest BCUT2D eigenvalue weighted by Gasteiger charge is 2.26. The third-order valence-corrected chi connectivity index (χ3v) is 6.17. The van der Waals surface area contributed by atoms with Crippen LogP contribution in [-0.4, -0.2) is 35.1 Å². The smallest absolute Gasteiger partial charge is 0.242 e. The van der Waals surface area contributed by atoms with Crippen molar-refractivity contribution in [2.24, 2.45) is 5.92 Å². The van der Waals surface area contributed by atoms with Gasteiger partial charge in [0.05, 0.1) is 5.75 Å². The van der Waals surface area contributed by atoms with Crippen molar-refractivity contribution in [1.82, 2.24) is 10.2 Å². The molecule has 0 unspecified atom stereocenters. The van der Waals surface area contributed by atoms with Crippen molar-refractivity contribution >= 4 is 46.8 Å². The molecule has 30 heavy (non-hydrogen) atoms. The summed E-state index contributed by atoms with van der Waals surface area (Å²) in [6, 6.07) is 14.4. The molecule has 2 amide bonds. The number of nitrogens with zero attached hydrogens (tertiary/aromatic N) is 1. The molecular weight excluding hydrogens is 439 g/mol. The second kappa shape index (κ2) is 12.2. The first-order valence-electron chi connectivity index (χ1n) is 9.90. The van der Waals surface area contributed by atoms with Gasteiger partial charge in [-0.3, -0.25) is 9.59 Å². The van der Waals surface area contributed by atoms with E-state index < -0.39 is 6.04 Å². The molecule has 0 aliphatic heterocycles. The topological polar surface area (TPSA) is 49.4 Å². The average molecular weight is 467 g/mol. The number of benzene rings is 2. The normalized spacial score (nSPS) is 11.9. The molecule has 7 heteroatoms. The van der Waals surface area contributed by atoms with Gasteiger partial charge in [0.1, 0.15) is 6.04 Å². The SMILES string of the molecule is CC(C)CNC(=O)[C@H](C)N(Cc1ccccc1Cl)C(=O)CSCc1ccc(Cl)cc1. The van der Waals surface area contributed by atoms with Crippen LogP contribution in [0.4, 0.5) is 0 Å². The van der Waals surface area contributed by atoms with Gasteiger partial charge in [-0.05, 0) is 42.2 Å². The van der Waals surface area contributed by atoms with Gasteiger partial charge in [0.25, 0.3) is 0 Å². The first-order chi connectivity index (χ1) is 14.3. The highest BCUT2D eigenvalue weighted by Crippen LogP contribution is 2.21. The lowest BCUT2D eigenvalue weighted by atomic mass is 10.1. The summed E-state index contributed by atoms with van der Waals surface area (Å²) in [5.74, 6) is 1.04. The zero-order chi connectivity index (χ0) is 22.1. The second-order valence-electron chi connectivity index (χ2n) is 7.55. The van der Waals surface area contributed by atoms with E-state index in [9.17, 15) is 9.59 Å². The number of hydrogen-bond acceptors (Lipinski definition) is 3. The molecule has 0 fully saturated rings. The van der Waals surface area contributed by atoms with Crippen molar-refractivity contribution in [3.8, 4) is 0 Å². The minimum absolute atomic E-state index is 0.0962. The van der Waals surface area contributed by atoms with E-state index in [1.165, 1.54) is 11.8 Å². The highest BCUT2D eigenvalue weighted by atomic mass is 35.5. The zero-order valence-electron chi connectivity index (χ0n) is 17.5. The van der Waals surface area contributed by atoms with Crippen LogP contribution in [0.15, 0.2) is 48.5 Å². The van der Waals surface area contributed by atoms with E-state index in [0.29, 0.717) is 28.3 Å². The molecule has 0 saturated carbocycles. The van der Waals surface area contributed by atoms with Gasteiger partial charge in [-0.15, -0.1) is 11.8 Å². The summed E-state index contributed by atoms with van der Waals surface area (Å²) in [4.78, 5) is 27.3. The molecular formula is C23H28Cl2N2O2S. The first-order valence-corrected chi connectivity index (χ1v) is 11.8. The summed E-state index contributed by atoms with van der Waals surface area (Å²) >= 11 is 13.7. The van der Waals surface area contributed by atoms with Crippen LogP contribution in [0.5, 0.6) is 0 Å². The molecule has 0 aromatic heterocycles. The van der Waals surface area contributed by atoms with Gasteiger partial charge in [0, 0.05) is 28.9 Å². The second-order valence-corrected chi connectivity index (χ2v) is 9.38. The Kier molecular flexibility index (Phi) is 10.0. The lowest BCUT2D eigenvalue weighted by Crippen LogP contribution is -2.48. The van der Waals surface area contributed by atoms with Crippen molar-refractivity contribution in [2.45, 2.75) is 39.1 Å². The Morgan fingerprint density at radius 1 is 1.03 bits per heavy atom. The van der Waals surface area contributed by atoms with E-state index in [0.717, 1.165) is 11.1 Å².